The molecule has 0 unspecified atom stereocenters. The van der Waals surface area contributed by atoms with Crippen molar-refractivity contribution >= 4 is 28.3 Å². The number of aromatic amines is 1. The van der Waals surface area contributed by atoms with Crippen LogP contribution in [0.2, 0.25) is 0 Å². The lowest BCUT2D eigenvalue weighted by atomic mass is 9.74. The first kappa shape index (κ1) is 28.2. The van der Waals surface area contributed by atoms with Crippen LogP contribution in [-0.2, 0) is 4.79 Å². The van der Waals surface area contributed by atoms with Gasteiger partial charge in [0.15, 0.2) is 23.1 Å². The number of aryl methyl sites for hydroxylation is 1. The Morgan fingerprint density at radius 3 is 2.36 bits per heavy atom. The Balaban J connectivity index is 0.00000101. The van der Waals surface area contributed by atoms with E-state index in [1.165, 1.54) is 57.7 Å². The second kappa shape index (κ2) is 12.1. The van der Waals surface area contributed by atoms with Gasteiger partial charge in [0, 0.05) is 40.8 Å². The minimum atomic E-state index is -0.428. The molecule has 0 radical (unpaired) electrons. The molecule has 0 amide bonds. The SMILES string of the molecule is COc1cc2c(Oc3ccc4[nH]c(C)cc4c3F)ncnc2cc1OCC1CC(N(C2CCC2)C2CCC2)C1.O=CO. The predicted octanol–water partition coefficient (Wildman–Crippen LogP) is 6.62. The van der Waals surface area contributed by atoms with Crippen molar-refractivity contribution in [3.05, 3.63) is 48.2 Å². The summed E-state index contributed by atoms with van der Waals surface area (Å²) < 4.78 is 33.1. The summed E-state index contributed by atoms with van der Waals surface area (Å²) in [6, 6.07) is 11.2. The van der Waals surface area contributed by atoms with Crippen molar-refractivity contribution in [2.75, 3.05) is 13.7 Å². The molecule has 0 bridgehead atoms. The van der Waals surface area contributed by atoms with E-state index < -0.39 is 5.82 Å². The third kappa shape index (κ3) is 5.47. The second-order valence-corrected chi connectivity index (χ2v) is 11.6. The largest absolute Gasteiger partial charge is 0.493 e. The summed E-state index contributed by atoms with van der Waals surface area (Å²) in [6.07, 6.45) is 12.1. The highest BCUT2D eigenvalue weighted by atomic mass is 19.1. The molecule has 7 rings (SSSR count). The Morgan fingerprint density at radius 2 is 1.71 bits per heavy atom. The van der Waals surface area contributed by atoms with E-state index in [0.717, 1.165) is 29.3 Å². The van der Waals surface area contributed by atoms with E-state index in [9.17, 15) is 0 Å². The summed E-state index contributed by atoms with van der Waals surface area (Å²) in [6.45, 7) is 2.31. The number of rotatable bonds is 9. The monoisotopic (exact) mass is 576 g/mol. The highest BCUT2D eigenvalue weighted by Gasteiger charge is 2.43. The van der Waals surface area contributed by atoms with Gasteiger partial charge in [-0.3, -0.25) is 9.69 Å². The molecule has 0 spiro atoms. The van der Waals surface area contributed by atoms with E-state index in [1.54, 1.807) is 25.3 Å². The normalized spacial score (nSPS) is 20.3. The maximum absolute atomic E-state index is 15.2. The van der Waals surface area contributed by atoms with Crippen LogP contribution in [0.5, 0.6) is 23.1 Å². The summed E-state index contributed by atoms with van der Waals surface area (Å²) >= 11 is 0. The van der Waals surface area contributed by atoms with Gasteiger partial charge in [0.25, 0.3) is 6.47 Å². The van der Waals surface area contributed by atoms with Gasteiger partial charge in [-0.1, -0.05) is 12.8 Å². The molecule has 2 N–H and O–H groups in total. The summed E-state index contributed by atoms with van der Waals surface area (Å²) in [5, 5.41) is 8.00. The van der Waals surface area contributed by atoms with Crippen molar-refractivity contribution in [1.82, 2.24) is 19.9 Å². The quantitative estimate of drug-likeness (QED) is 0.214. The summed E-state index contributed by atoms with van der Waals surface area (Å²) in [4.78, 5) is 23.1. The van der Waals surface area contributed by atoms with Gasteiger partial charge < -0.3 is 24.3 Å². The van der Waals surface area contributed by atoms with Crippen LogP contribution in [0, 0.1) is 18.7 Å². The molecule has 222 valence electrons. The molecule has 2 aromatic heterocycles. The van der Waals surface area contributed by atoms with E-state index in [2.05, 4.69) is 19.9 Å². The molecule has 4 aromatic rings. The highest BCUT2D eigenvalue weighted by molar-refractivity contribution is 5.87. The number of nitrogens with zero attached hydrogens (tertiary/aromatic N) is 3. The van der Waals surface area contributed by atoms with Gasteiger partial charge >= 0.3 is 0 Å². The zero-order chi connectivity index (χ0) is 29.2. The van der Waals surface area contributed by atoms with Crippen LogP contribution < -0.4 is 14.2 Å². The molecule has 3 aliphatic rings. The summed E-state index contributed by atoms with van der Waals surface area (Å²) in [5.41, 5.74) is 2.27. The molecule has 2 aromatic carbocycles. The number of methoxy groups -OCH3 is 1. The molecule has 10 heteroatoms. The van der Waals surface area contributed by atoms with Gasteiger partial charge in [0.2, 0.25) is 5.88 Å². The molecule has 2 heterocycles. The molecule has 3 fully saturated rings. The molecular formula is C32H37FN4O5. The number of benzene rings is 2. The number of aromatic nitrogens is 3. The van der Waals surface area contributed by atoms with Crippen LogP contribution in [0.1, 0.15) is 57.1 Å². The molecule has 0 atom stereocenters. The molecule has 42 heavy (non-hydrogen) atoms. The van der Waals surface area contributed by atoms with E-state index >= 15 is 4.39 Å². The van der Waals surface area contributed by atoms with E-state index in [0.29, 0.717) is 40.3 Å². The topological polar surface area (TPSA) is 110 Å². The Morgan fingerprint density at radius 1 is 1.00 bits per heavy atom. The number of carbonyl (C=O) groups is 1. The molecular weight excluding hydrogens is 539 g/mol. The lowest BCUT2D eigenvalue weighted by Crippen LogP contribution is -2.58. The second-order valence-electron chi connectivity index (χ2n) is 11.6. The molecule has 3 aliphatic carbocycles. The smallest absolute Gasteiger partial charge is 0.290 e. The number of H-pyrrole nitrogens is 1. The fourth-order valence-electron chi connectivity index (χ4n) is 6.42. The Labute approximate surface area is 244 Å². The average Bonchev–Trinajstić information content (AvgIpc) is 3.28. The lowest BCUT2D eigenvalue weighted by molar-refractivity contribution is -0.122. The number of carboxylic acid groups (broad SMARTS) is 1. The highest BCUT2D eigenvalue weighted by Crippen LogP contribution is 2.43. The van der Waals surface area contributed by atoms with Gasteiger partial charge in [-0.05, 0) is 75.6 Å². The number of hydrogen-bond donors (Lipinski definition) is 2. The van der Waals surface area contributed by atoms with E-state index in [1.807, 2.05) is 19.1 Å². The van der Waals surface area contributed by atoms with Crippen molar-refractivity contribution in [2.24, 2.45) is 5.92 Å². The standard InChI is InChI=1S/C31H35FN4O3.CH2O2/c1-18-11-23-25(35-18)9-10-27(30(23)32)39-31-24-14-28(37-2)29(15-26(24)33-17-34-31)38-16-19-12-22(13-19)36(20-5-3-6-20)21-7-4-8-21;2-1-3/h9-11,14-15,17,19-22,35H,3-8,12-13,16H2,1-2H3;1H,(H,2,3). The van der Waals surface area contributed by atoms with Crippen molar-refractivity contribution in [2.45, 2.75) is 76.4 Å². The first-order valence-electron chi connectivity index (χ1n) is 14.8. The van der Waals surface area contributed by atoms with Crippen LogP contribution >= 0.6 is 0 Å². The number of halogens is 1. The summed E-state index contributed by atoms with van der Waals surface area (Å²) in [7, 11) is 1.62. The fourth-order valence-corrected chi connectivity index (χ4v) is 6.42. The summed E-state index contributed by atoms with van der Waals surface area (Å²) in [5.74, 6) is 1.74. The number of ether oxygens (including phenoxy) is 3. The van der Waals surface area contributed by atoms with Crippen LogP contribution in [0.4, 0.5) is 4.39 Å². The minimum absolute atomic E-state index is 0.109. The average molecular weight is 577 g/mol. The third-order valence-electron chi connectivity index (χ3n) is 9.03. The van der Waals surface area contributed by atoms with Gasteiger partial charge in [0.1, 0.15) is 6.33 Å². The van der Waals surface area contributed by atoms with Crippen LogP contribution in [0.3, 0.4) is 0 Å². The maximum Gasteiger partial charge on any atom is 0.290 e. The van der Waals surface area contributed by atoms with Crippen LogP contribution in [0.15, 0.2) is 36.7 Å². The first-order valence-corrected chi connectivity index (χ1v) is 14.8. The van der Waals surface area contributed by atoms with Gasteiger partial charge in [0.05, 0.1) is 24.6 Å². The van der Waals surface area contributed by atoms with Crippen LogP contribution in [-0.4, -0.2) is 63.3 Å². The van der Waals surface area contributed by atoms with Gasteiger partial charge in [-0.2, -0.15) is 0 Å². The fraction of sp³-hybridized carbons (Fsp3) is 0.469. The van der Waals surface area contributed by atoms with Crippen LogP contribution in [0.25, 0.3) is 21.8 Å². The molecule has 9 nitrogen and oxygen atoms in total. The Kier molecular flexibility index (Phi) is 8.15. The number of nitrogens with one attached hydrogen (secondary N) is 1. The van der Waals surface area contributed by atoms with Crippen molar-refractivity contribution in [1.29, 1.82) is 0 Å². The Bertz CT molecular complexity index is 1550. The molecule has 0 saturated heterocycles. The predicted molar refractivity (Wildman–Crippen MR) is 157 cm³/mol. The molecule has 3 saturated carbocycles. The van der Waals surface area contributed by atoms with Gasteiger partial charge in [-0.15, -0.1) is 0 Å². The third-order valence-corrected chi connectivity index (χ3v) is 9.03. The number of hydrogen-bond acceptors (Lipinski definition) is 7. The zero-order valence-corrected chi connectivity index (χ0v) is 24.0. The first-order chi connectivity index (χ1) is 20.5. The molecule has 0 aliphatic heterocycles. The zero-order valence-electron chi connectivity index (χ0n) is 24.0. The Hall–Kier alpha value is -3.92. The number of fused-ring (bicyclic) bond motifs is 2. The van der Waals surface area contributed by atoms with Crippen molar-refractivity contribution < 1.29 is 28.5 Å². The van der Waals surface area contributed by atoms with E-state index in [-0.39, 0.29) is 18.1 Å². The lowest BCUT2D eigenvalue weighted by Gasteiger charge is -2.54. The van der Waals surface area contributed by atoms with Gasteiger partial charge in [-0.25, -0.2) is 14.4 Å². The maximum atomic E-state index is 15.2. The minimum Gasteiger partial charge on any atom is -0.493 e. The van der Waals surface area contributed by atoms with E-state index in [4.69, 9.17) is 24.1 Å². The van der Waals surface area contributed by atoms with Crippen molar-refractivity contribution in [3.63, 3.8) is 0 Å². The van der Waals surface area contributed by atoms with Crippen molar-refractivity contribution in [3.8, 4) is 23.1 Å².